The third-order valence-corrected chi connectivity index (χ3v) is 11.2. The molecule has 3 aromatic rings. The highest BCUT2D eigenvalue weighted by Crippen LogP contribution is 2.43. The molecule has 0 aliphatic carbocycles. The van der Waals surface area contributed by atoms with Crippen molar-refractivity contribution < 1.29 is 29.0 Å². The average Bonchev–Trinajstić information content (AvgIpc) is 3.81. The molecule has 13 heteroatoms. The number of ether oxygens (including phenoxy) is 1. The number of rotatable bonds is 13. The summed E-state index contributed by atoms with van der Waals surface area (Å²) < 4.78 is 5.23. The Hall–Kier alpha value is -4.88. The highest BCUT2D eigenvalue weighted by Gasteiger charge is 2.34. The number of aliphatic hydroxyl groups excluding tert-OH is 1. The molecule has 13 nitrogen and oxygen atoms in total. The minimum atomic E-state index is -0.692. The third kappa shape index (κ3) is 8.83. The molecule has 0 unspecified atom stereocenters. The summed E-state index contributed by atoms with van der Waals surface area (Å²) >= 11 is 0. The van der Waals surface area contributed by atoms with Crippen molar-refractivity contribution in [3.63, 3.8) is 0 Å². The Balaban J connectivity index is 1.92. The van der Waals surface area contributed by atoms with E-state index in [0.29, 0.717) is 69.7 Å². The van der Waals surface area contributed by atoms with Crippen LogP contribution >= 0.6 is 0 Å². The van der Waals surface area contributed by atoms with Crippen LogP contribution in [0.5, 0.6) is 0 Å². The van der Waals surface area contributed by atoms with Crippen molar-refractivity contribution in [2.75, 3.05) is 40.8 Å². The van der Waals surface area contributed by atoms with E-state index >= 15 is 0 Å². The van der Waals surface area contributed by atoms with Crippen molar-refractivity contribution in [3.8, 4) is 0 Å². The zero-order chi connectivity index (χ0) is 40.3. The van der Waals surface area contributed by atoms with Gasteiger partial charge in [0.1, 0.15) is 0 Å². The number of nitrogens with zero attached hydrogens (tertiary/aromatic N) is 3. The number of Topliss-reactive ketones (excluding diaryl/α,β-unsaturated/α-hetero) is 1. The number of ketones is 1. The molecule has 0 spiro atoms. The fourth-order valence-corrected chi connectivity index (χ4v) is 7.97. The van der Waals surface area contributed by atoms with Gasteiger partial charge in [-0.05, 0) is 84.0 Å². The summed E-state index contributed by atoms with van der Waals surface area (Å²) in [6.45, 7) is 14.5. The zero-order valence-electron chi connectivity index (χ0n) is 33.9. The van der Waals surface area contributed by atoms with Crippen molar-refractivity contribution in [1.82, 2.24) is 35.5 Å². The number of hydrogen-bond acceptors (Lipinski definition) is 9. The molecular formula is C42H57N7O6. The Morgan fingerprint density at radius 3 is 2.16 bits per heavy atom. The second-order valence-corrected chi connectivity index (χ2v) is 15.4. The van der Waals surface area contributed by atoms with Crippen LogP contribution in [-0.2, 0) is 20.7 Å². The third-order valence-electron chi connectivity index (χ3n) is 11.2. The summed E-state index contributed by atoms with van der Waals surface area (Å²) in [6.07, 6.45) is 0.469. The van der Waals surface area contributed by atoms with Gasteiger partial charge in [0.15, 0.2) is 5.78 Å². The van der Waals surface area contributed by atoms with Gasteiger partial charge in [0.2, 0.25) is 5.91 Å². The van der Waals surface area contributed by atoms with Gasteiger partial charge in [-0.15, -0.1) is 0 Å². The first-order chi connectivity index (χ1) is 26.1. The molecule has 2 aliphatic heterocycles. The number of nitrogens with one attached hydrogen (secondary N) is 4. The summed E-state index contributed by atoms with van der Waals surface area (Å²) in [7, 11) is 5.20. The summed E-state index contributed by atoms with van der Waals surface area (Å²) in [4.78, 5) is 73.1. The molecule has 5 rings (SSSR count). The van der Waals surface area contributed by atoms with E-state index in [4.69, 9.17) is 14.7 Å². The van der Waals surface area contributed by atoms with Crippen LogP contribution < -0.4 is 10.6 Å². The Kier molecular flexibility index (Phi) is 13.0. The second-order valence-electron chi connectivity index (χ2n) is 15.4. The maximum absolute atomic E-state index is 14.2. The Morgan fingerprint density at radius 2 is 1.53 bits per heavy atom. The lowest BCUT2D eigenvalue weighted by Gasteiger charge is -2.18. The highest BCUT2D eigenvalue weighted by molar-refractivity contribution is 6.06. The molecule has 296 valence electrons. The predicted octanol–water partition coefficient (Wildman–Crippen LogP) is 5.60. The van der Waals surface area contributed by atoms with Crippen LogP contribution in [0.4, 0.5) is 0 Å². The molecular weight excluding hydrogens is 699 g/mol. The van der Waals surface area contributed by atoms with Gasteiger partial charge in [0.05, 0.1) is 41.9 Å². The number of hydrogen-bond donors (Lipinski definition) is 5. The van der Waals surface area contributed by atoms with E-state index in [1.807, 2.05) is 58.0 Å². The molecule has 0 saturated carbocycles. The number of amides is 2. The van der Waals surface area contributed by atoms with Gasteiger partial charge in [-0.3, -0.25) is 29.1 Å². The van der Waals surface area contributed by atoms with Gasteiger partial charge in [-0.1, -0.05) is 20.8 Å². The van der Waals surface area contributed by atoms with E-state index in [1.54, 1.807) is 13.8 Å². The quantitative estimate of drug-likeness (QED) is 0.110. The Morgan fingerprint density at radius 1 is 0.909 bits per heavy atom. The van der Waals surface area contributed by atoms with E-state index in [9.17, 15) is 24.3 Å². The average molecular weight is 756 g/mol. The van der Waals surface area contributed by atoms with Gasteiger partial charge >= 0.3 is 5.97 Å². The molecule has 0 aromatic carbocycles. The molecule has 0 fully saturated rings. The lowest BCUT2D eigenvalue weighted by Crippen LogP contribution is -2.31. The maximum atomic E-state index is 14.2. The Labute approximate surface area is 323 Å². The Bertz CT molecular complexity index is 2130. The summed E-state index contributed by atoms with van der Waals surface area (Å²) in [6, 6.07) is 5.92. The van der Waals surface area contributed by atoms with Gasteiger partial charge in [0.25, 0.3) is 5.91 Å². The summed E-state index contributed by atoms with van der Waals surface area (Å²) in [5, 5.41) is 15.6. The fourth-order valence-electron chi connectivity index (χ4n) is 7.97. The highest BCUT2D eigenvalue weighted by atomic mass is 16.5. The second kappa shape index (κ2) is 17.3. The number of carbonyl (C=O) groups is 4. The van der Waals surface area contributed by atoms with Crippen molar-refractivity contribution in [2.45, 2.75) is 104 Å². The smallest absolute Gasteiger partial charge is 0.310 e. The van der Waals surface area contributed by atoms with E-state index in [1.165, 1.54) is 7.11 Å². The van der Waals surface area contributed by atoms with E-state index < -0.39 is 12.1 Å². The number of aliphatic hydroxyl groups is 1. The maximum Gasteiger partial charge on any atom is 0.310 e. The number of H-pyrrole nitrogens is 2. The molecule has 0 radical (unpaired) electrons. The summed E-state index contributed by atoms with van der Waals surface area (Å²) in [5.41, 5.74) is 8.51. The number of carbonyl (C=O) groups excluding carboxylic acids is 4. The number of aryl methyl sites for hydroxylation is 2. The lowest BCUT2D eigenvalue weighted by atomic mass is 9.85. The number of esters is 1. The van der Waals surface area contributed by atoms with Crippen molar-refractivity contribution in [1.29, 1.82) is 0 Å². The number of methoxy groups -OCH3 is 1. The number of fused-ring (bicyclic) bond motifs is 8. The zero-order valence-corrected chi connectivity index (χ0v) is 33.9. The molecule has 8 bridgehead atoms. The monoisotopic (exact) mass is 755 g/mol. The van der Waals surface area contributed by atoms with E-state index in [2.05, 4.69) is 34.4 Å². The molecule has 0 saturated heterocycles. The first-order valence-corrected chi connectivity index (χ1v) is 19.3. The summed E-state index contributed by atoms with van der Waals surface area (Å²) in [5.74, 6) is -1.51. The minimum absolute atomic E-state index is 0.0577. The van der Waals surface area contributed by atoms with Crippen LogP contribution in [0.3, 0.4) is 0 Å². The SMILES string of the molecule is CC[C@H]1c2cc3[nH]c(c(CC(=O)OC)c4nc(cc5[nH]c(cc(n2)[C@@H]1C)c(C(C)=O)c5C)[C@@H](C)[C@@H]4CCC(=O)NC[C@@H](C)O)c(C(=O)NCCN(C)C)c3C. The van der Waals surface area contributed by atoms with Crippen LogP contribution in [0.2, 0.25) is 0 Å². The minimum Gasteiger partial charge on any atom is -0.469 e. The lowest BCUT2D eigenvalue weighted by molar-refractivity contribution is -0.139. The molecule has 55 heavy (non-hydrogen) atoms. The first-order valence-electron chi connectivity index (χ1n) is 19.3. The normalized spacial score (nSPS) is 18.6. The van der Waals surface area contributed by atoms with Gasteiger partial charge < -0.3 is 35.3 Å². The van der Waals surface area contributed by atoms with E-state index in [0.717, 1.165) is 28.9 Å². The van der Waals surface area contributed by atoms with Crippen LogP contribution in [0.25, 0.3) is 22.1 Å². The largest absolute Gasteiger partial charge is 0.469 e. The standard InChI is InChI=1S/C42H57N7O6/c1-11-27-22(3)30-19-35-38(26(7)51)24(5)32(46-35)17-31-23(4)28(12-13-36(52)44-20-21(2)50)40(47-31)29(16-37(53)55-10)41-39(42(54)43-14-15-49(8)9)25(6)33(48-41)18-34(27)45-30/h17-19,21-23,27-28,46,48,50H,11-16,20H2,1-10H3,(H,43,54)(H,44,52)/t21-,22-,23+,27-,28+/m1/s1. The van der Waals surface area contributed by atoms with Crippen molar-refractivity contribution in [2.24, 2.45) is 0 Å². The predicted molar refractivity (Wildman–Crippen MR) is 214 cm³/mol. The molecule has 5 atom stereocenters. The number of aromatic nitrogens is 4. The first kappa shape index (κ1) is 41.3. The molecule has 5 heterocycles. The van der Waals surface area contributed by atoms with Crippen LogP contribution in [0.1, 0.15) is 138 Å². The van der Waals surface area contributed by atoms with Crippen LogP contribution in [0.15, 0.2) is 18.2 Å². The molecule has 3 aromatic heterocycles. The molecule has 2 amide bonds. The van der Waals surface area contributed by atoms with Gasteiger partial charge in [0, 0.05) is 89.0 Å². The topological polar surface area (TPSA) is 182 Å². The fraction of sp³-hybridized carbons (Fsp3) is 0.524. The number of aromatic amines is 2. The van der Waals surface area contributed by atoms with Crippen LogP contribution in [0, 0.1) is 13.8 Å². The molecule has 2 aliphatic rings. The van der Waals surface area contributed by atoms with Crippen LogP contribution in [-0.4, -0.2) is 100 Å². The van der Waals surface area contributed by atoms with Gasteiger partial charge in [-0.25, -0.2) is 0 Å². The van der Waals surface area contributed by atoms with Gasteiger partial charge in [-0.2, -0.15) is 0 Å². The van der Waals surface area contributed by atoms with E-state index in [-0.39, 0.29) is 60.7 Å². The number of likely N-dealkylation sites (N-methyl/N-ethyl adjacent to an activating group) is 1. The molecule has 5 N–H and O–H groups in total. The van der Waals surface area contributed by atoms with Crippen molar-refractivity contribution >= 4 is 45.6 Å². The van der Waals surface area contributed by atoms with Crippen molar-refractivity contribution in [3.05, 3.63) is 68.8 Å².